The molecule has 0 spiro atoms. The molecule has 1 N–H and O–H groups in total. The van der Waals surface area contributed by atoms with Crippen LogP contribution in [0.1, 0.15) is 29.0 Å². The summed E-state index contributed by atoms with van der Waals surface area (Å²) in [5, 5.41) is 12.7. The van der Waals surface area contributed by atoms with Gasteiger partial charge in [-0.05, 0) is 31.9 Å². The zero-order valence-electron chi connectivity index (χ0n) is 15.8. The van der Waals surface area contributed by atoms with Gasteiger partial charge < -0.3 is 10.2 Å². The van der Waals surface area contributed by atoms with Crippen LogP contribution in [0, 0.1) is 18.3 Å². The van der Waals surface area contributed by atoms with Crippen molar-refractivity contribution < 1.29 is 18.0 Å². The molecule has 1 aliphatic rings. The molecule has 1 fully saturated rings. The Hall–Kier alpha value is -2.51. The Labute approximate surface area is 170 Å². The Morgan fingerprint density at radius 2 is 2.24 bits per heavy atom. The van der Waals surface area contributed by atoms with Gasteiger partial charge in [0.1, 0.15) is 11.0 Å². The highest BCUT2D eigenvalue weighted by Gasteiger charge is 2.31. The molecule has 10 heteroatoms. The lowest BCUT2D eigenvalue weighted by Crippen LogP contribution is -2.41. The van der Waals surface area contributed by atoms with E-state index in [9.17, 15) is 18.0 Å². The van der Waals surface area contributed by atoms with Crippen molar-refractivity contribution in [2.75, 3.05) is 19.6 Å². The van der Waals surface area contributed by atoms with E-state index in [0.29, 0.717) is 30.2 Å². The quantitative estimate of drug-likeness (QED) is 0.722. The number of alkyl halides is 3. The summed E-state index contributed by atoms with van der Waals surface area (Å²) >= 11 is 1.37. The molecule has 29 heavy (non-hydrogen) atoms. The maximum atomic E-state index is 12.7. The second kappa shape index (κ2) is 8.88. The van der Waals surface area contributed by atoms with Crippen LogP contribution in [-0.2, 0) is 17.4 Å². The van der Waals surface area contributed by atoms with Crippen molar-refractivity contribution >= 4 is 17.2 Å². The molecule has 2 aromatic rings. The molecule has 2 aromatic heterocycles. The summed E-state index contributed by atoms with van der Waals surface area (Å²) in [6.07, 6.45) is -1.45. The lowest BCUT2D eigenvalue weighted by molar-refractivity contribution is -0.137. The van der Waals surface area contributed by atoms with Crippen molar-refractivity contribution in [3.63, 3.8) is 0 Å². The average molecular weight is 423 g/mol. The molecule has 1 atom stereocenters. The number of nitriles is 1. The van der Waals surface area contributed by atoms with E-state index in [1.165, 1.54) is 17.4 Å². The summed E-state index contributed by atoms with van der Waals surface area (Å²) < 4.78 is 38.0. The van der Waals surface area contributed by atoms with Crippen LogP contribution in [0.4, 0.5) is 13.2 Å². The maximum Gasteiger partial charge on any atom is 0.417 e. The third kappa shape index (κ3) is 5.10. The fourth-order valence-corrected chi connectivity index (χ4v) is 4.10. The largest absolute Gasteiger partial charge is 0.417 e. The first-order valence-electron chi connectivity index (χ1n) is 9.19. The molecule has 1 unspecified atom stereocenters. The molecule has 0 bridgehead atoms. The minimum Gasteiger partial charge on any atom is -0.326 e. The third-order valence-corrected chi connectivity index (χ3v) is 5.78. The van der Waals surface area contributed by atoms with E-state index < -0.39 is 11.7 Å². The van der Waals surface area contributed by atoms with Gasteiger partial charge >= 0.3 is 6.18 Å². The minimum absolute atomic E-state index is 0.0845. The molecular weight excluding hydrogens is 403 g/mol. The number of carbonyl (C=O) groups excluding carboxylic acids is 1. The molecule has 0 aromatic carbocycles. The first-order valence-corrected chi connectivity index (χ1v) is 10.0. The van der Waals surface area contributed by atoms with Gasteiger partial charge in [-0.1, -0.05) is 0 Å². The van der Waals surface area contributed by atoms with Crippen molar-refractivity contribution in [2.24, 2.45) is 0 Å². The number of amides is 1. The van der Waals surface area contributed by atoms with Gasteiger partial charge in [0.15, 0.2) is 0 Å². The van der Waals surface area contributed by atoms with E-state index in [4.69, 9.17) is 5.26 Å². The predicted molar refractivity (Wildman–Crippen MR) is 102 cm³/mol. The number of nitrogens with zero attached hydrogens (tertiary/aromatic N) is 4. The molecule has 0 saturated carbocycles. The number of rotatable bonds is 6. The number of hydrogen-bond acceptors (Lipinski definition) is 6. The molecule has 1 amide bonds. The lowest BCUT2D eigenvalue weighted by atomic mass is 10.2. The lowest BCUT2D eigenvalue weighted by Gasteiger charge is -2.19. The predicted octanol–water partition coefficient (Wildman–Crippen LogP) is 3.18. The maximum absolute atomic E-state index is 12.7. The molecule has 0 aliphatic carbocycles. The number of aryl methyl sites for hydroxylation is 1. The van der Waals surface area contributed by atoms with Crippen molar-refractivity contribution in [3.8, 4) is 16.8 Å². The normalized spacial score (nSPS) is 16.8. The summed E-state index contributed by atoms with van der Waals surface area (Å²) in [5.41, 5.74) is 0.431. The summed E-state index contributed by atoms with van der Waals surface area (Å²) in [5.74, 6) is -0.0845. The smallest absolute Gasteiger partial charge is 0.326 e. The van der Waals surface area contributed by atoms with Gasteiger partial charge in [-0.2, -0.15) is 18.4 Å². The zero-order chi connectivity index (χ0) is 21.0. The van der Waals surface area contributed by atoms with Gasteiger partial charge in [0.05, 0.1) is 29.6 Å². The Bertz CT molecular complexity index is 904. The molecule has 1 saturated heterocycles. The summed E-state index contributed by atoms with van der Waals surface area (Å²) in [6.45, 7) is 3.21. The van der Waals surface area contributed by atoms with Crippen LogP contribution in [-0.4, -0.2) is 46.5 Å². The fourth-order valence-electron chi connectivity index (χ4n) is 3.16. The summed E-state index contributed by atoms with van der Waals surface area (Å²) in [6, 6.07) is 4.14. The summed E-state index contributed by atoms with van der Waals surface area (Å²) in [7, 11) is 0. The highest BCUT2D eigenvalue weighted by molar-refractivity contribution is 7.15. The Kier molecular flexibility index (Phi) is 6.49. The molecule has 6 nitrogen and oxygen atoms in total. The Morgan fingerprint density at radius 1 is 1.45 bits per heavy atom. The van der Waals surface area contributed by atoms with E-state index in [1.54, 1.807) is 4.90 Å². The van der Waals surface area contributed by atoms with Crippen molar-refractivity contribution in [3.05, 3.63) is 34.5 Å². The van der Waals surface area contributed by atoms with Crippen LogP contribution in [0.2, 0.25) is 0 Å². The minimum atomic E-state index is -4.42. The van der Waals surface area contributed by atoms with E-state index in [2.05, 4.69) is 21.4 Å². The zero-order valence-corrected chi connectivity index (χ0v) is 16.6. The van der Waals surface area contributed by atoms with Crippen molar-refractivity contribution in [1.82, 2.24) is 20.2 Å². The number of halogens is 3. The van der Waals surface area contributed by atoms with E-state index >= 15 is 0 Å². The molecular formula is C19H20F3N5OS. The van der Waals surface area contributed by atoms with Gasteiger partial charge in [-0.3, -0.25) is 9.78 Å². The second-order valence-electron chi connectivity index (χ2n) is 6.75. The highest BCUT2D eigenvalue weighted by Crippen LogP contribution is 2.31. The van der Waals surface area contributed by atoms with Gasteiger partial charge in [0.25, 0.3) is 0 Å². The van der Waals surface area contributed by atoms with Gasteiger partial charge in [-0.15, -0.1) is 11.3 Å². The van der Waals surface area contributed by atoms with Gasteiger partial charge in [-0.25, -0.2) is 4.98 Å². The van der Waals surface area contributed by atoms with Crippen LogP contribution in [0.15, 0.2) is 18.3 Å². The third-order valence-electron chi connectivity index (χ3n) is 4.74. The molecule has 0 radical (unpaired) electrons. The van der Waals surface area contributed by atoms with Crippen LogP contribution < -0.4 is 5.32 Å². The number of aromatic nitrogens is 2. The van der Waals surface area contributed by atoms with E-state index in [1.807, 2.05) is 6.92 Å². The second-order valence-corrected chi connectivity index (χ2v) is 7.96. The molecule has 3 heterocycles. The molecule has 154 valence electrons. The number of likely N-dealkylation sites (tertiary alicyclic amines) is 1. The fraction of sp³-hybridized carbons (Fsp3) is 0.474. The molecule has 3 rings (SSSR count). The van der Waals surface area contributed by atoms with Crippen LogP contribution in [0.25, 0.3) is 10.7 Å². The highest BCUT2D eigenvalue weighted by atomic mass is 32.1. The first kappa shape index (κ1) is 21.2. The first-order chi connectivity index (χ1) is 13.8. The summed E-state index contributed by atoms with van der Waals surface area (Å²) in [4.78, 5) is 23.1. The van der Waals surface area contributed by atoms with Crippen LogP contribution in [0.3, 0.4) is 0 Å². The van der Waals surface area contributed by atoms with Gasteiger partial charge in [0.2, 0.25) is 5.91 Å². The number of thiazole rings is 1. The van der Waals surface area contributed by atoms with Crippen LogP contribution in [0.5, 0.6) is 0 Å². The number of carbonyl (C=O) groups is 1. The molecule has 1 aliphatic heterocycles. The standard InChI is InChI=1S/C19H20F3N5OS/c1-12-15(6-7-24-11-17(28)27-8-2-3-14(27)9-23)26-18(29-12)16-5-4-13(10-25-16)19(20,21)22/h4-5,10,14,24H,2-3,6-8,11H2,1H3. The number of hydrogen-bond donors (Lipinski definition) is 1. The monoisotopic (exact) mass is 423 g/mol. The Balaban J connectivity index is 1.53. The number of nitrogens with one attached hydrogen (secondary N) is 1. The van der Waals surface area contributed by atoms with Crippen LogP contribution >= 0.6 is 11.3 Å². The van der Waals surface area contributed by atoms with Crippen molar-refractivity contribution in [2.45, 2.75) is 38.4 Å². The van der Waals surface area contributed by atoms with E-state index in [-0.39, 0.29) is 18.5 Å². The van der Waals surface area contributed by atoms with E-state index in [0.717, 1.165) is 35.7 Å². The average Bonchev–Trinajstić information content (AvgIpc) is 3.31. The van der Waals surface area contributed by atoms with Crippen molar-refractivity contribution in [1.29, 1.82) is 5.26 Å². The topological polar surface area (TPSA) is 81.9 Å². The van der Waals surface area contributed by atoms with Gasteiger partial charge in [0, 0.05) is 30.6 Å². The SMILES string of the molecule is Cc1sc(-c2ccc(C(F)(F)F)cn2)nc1CCNCC(=O)N1CCCC1C#N. The Morgan fingerprint density at radius 3 is 2.90 bits per heavy atom. The number of pyridine rings is 1.